The van der Waals surface area contributed by atoms with Crippen LogP contribution in [0.5, 0.6) is 0 Å². The number of allylic oxidation sites excluding steroid dienone is 4. The predicted molar refractivity (Wildman–Crippen MR) is 183 cm³/mol. The van der Waals surface area contributed by atoms with Gasteiger partial charge in [-0.05, 0) is 67.1 Å². The lowest BCUT2D eigenvalue weighted by molar-refractivity contribution is 0.638. The van der Waals surface area contributed by atoms with Gasteiger partial charge in [0.2, 0.25) is 0 Å². The van der Waals surface area contributed by atoms with Crippen LogP contribution in [0.3, 0.4) is 0 Å². The van der Waals surface area contributed by atoms with Crippen molar-refractivity contribution in [3.63, 3.8) is 0 Å². The van der Waals surface area contributed by atoms with Crippen LogP contribution in [0.4, 0.5) is 5.69 Å². The van der Waals surface area contributed by atoms with E-state index in [1.54, 1.807) is 0 Å². The molecule has 0 N–H and O–H groups in total. The summed E-state index contributed by atoms with van der Waals surface area (Å²) in [5, 5.41) is 4.32. The zero-order valence-corrected chi connectivity index (χ0v) is 25.0. The third-order valence-corrected chi connectivity index (χ3v) is 9.54. The fourth-order valence-electron chi connectivity index (χ4n) is 7.63. The molecule has 9 nitrogen and oxygen atoms in total. The van der Waals surface area contributed by atoms with E-state index in [1.165, 1.54) is 5.69 Å². The van der Waals surface area contributed by atoms with E-state index >= 15 is 0 Å². The van der Waals surface area contributed by atoms with Crippen LogP contribution >= 0.6 is 0 Å². The van der Waals surface area contributed by atoms with Crippen LogP contribution in [-0.4, -0.2) is 44.8 Å². The van der Waals surface area contributed by atoms with Crippen molar-refractivity contribution in [1.82, 2.24) is 38.6 Å². The molecule has 9 heteroatoms. The van der Waals surface area contributed by atoms with Crippen LogP contribution in [-0.2, 0) is 0 Å². The Kier molecular flexibility index (Phi) is 5.25. The number of hydrogen-bond acceptors (Lipinski definition) is 6. The van der Waals surface area contributed by atoms with Crippen LogP contribution in [0.15, 0.2) is 109 Å². The van der Waals surface area contributed by atoms with Gasteiger partial charge in [-0.3, -0.25) is 24.5 Å². The van der Waals surface area contributed by atoms with Gasteiger partial charge < -0.3 is 9.13 Å². The smallest absolute Gasteiger partial charge is 0.145 e. The summed E-state index contributed by atoms with van der Waals surface area (Å²) in [5.41, 5.74) is 10.4. The summed E-state index contributed by atoms with van der Waals surface area (Å²) in [6.45, 7) is 2.28. The molecule has 0 amide bonds. The molecule has 2 unspecified atom stereocenters. The number of hydrogen-bond donors (Lipinski definition) is 0. The summed E-state index contributed by atoms with van der Waals surface area (Å²) in [4.78, 5) is 28.6. The minimum Gasteiger partial charge on any atom is -0.316 e. The molecule has 220 valence electrons. The summed E-state index contributed by atoms with van der Waals surface area (Å²) >= 11 is 0. The van der Waals surface area contributed by atoms with Crippen molar-refractivity contribution >= 4 is 78.2 Å². The van der Waals surface area contributed by atoms with Crippen molar-refractivity contribution in [2.24, 2.45) is 4.99 Å². The van der Waals surface area contributed by atoms with E-state index in [1.807, 2.05) is 67.8 Å². The van der Waals surface area contributed by atoms with Crippen molar-refractivity contribution in [3.05, 3.63) is 110 Å². The topological polar surface area (TPSA) is 91.6 Å². The summed E-state index contributed by atoms with van der Waals surface area (Å²) in [6, 6.07) is 16.5. The van der Waals surface area contributed by atoms with Gasteiger partial charge in [0.05, 0.1) is 45.7 Å². The Morgan fingerprint density at radius 1 is 0.696 bits per heavy atom. The van der Waals surface area contributed by atoms with Gasteiger partial charge in [-0.15, -0.1) is 0 Å². The molecule has 10 rings (SSSR count). The maximum Gasteiger partial charge on any atom is 0.145 e. The summed E-state index contributed by atoms with van der Waals surface area (Å²) < 4.78 is 7.04. The number of aromatic nitrogens is 8. The molecule has 0 spiro atoms. The first-order valence-corrected chi connectivity index (χ1v) is 15.6. The number of pyridine rings is 5. The zero-order chi connectivity index (χ0) is 30.4. The Labute approximate surface area is 262 Å². The molecule has 8 aromatic rings. The molecule has 9 heterocycles. The normalized spacial score (nSPS) is 18.1. The summed E-state index contributed by atoms with van der Waals surface area (Å²) in [6.07, 6.45) is 21.6. The number of rotatable bonds is 3. The molecular weight excluding hydrogens is 570 g/mol. The molecule has 0 aromatic carbocycles. The third-order valence-electron chi connectivity index (χ3n) is 9.54. The van der Waals surface area contributed by atoms with E-state index in [9.17, 15) is 0 Å². The number of fused-ring (bicyclic) bond motifs is 9. The van der Waals surface area contributed by atoms with Gasteiger partial charge in [0.15, 0.2) is 0 Å². The third kappa shape index (κ3) is 3.45. The number of aliphatic imine (C=N–C) groups is 1. The SMILES string of the molecule is CC1CC=Nc2c1n(C1=CC(n3c4cccnc4c4cccnc43)CC(n3c4ccncc4c4cccnc43)=C1)c1cnccc21. The van der Waals surface area contributed by atoms with Crippen molar-refractivity contribution in [2.45, 2.75) is 31.7 Å². The molecule has 1 aliphatic carbocycles. The molecule has 0 saturated carbocycles. The lowest BCUT2D eigenvalue weighted by atomic mass is 9.98. The zero-order valence-electron chi connectivity index (χ0n) is 25.0. The van der Waals surface area contributed by atoms with Gasteiger partial charge >= 0.3 is 0 Å². The highest BCUT2D eigenvalue weighted by molar-refractivity contribution is 6.09. The number of nitrogens with zero attached hydrogens (tertiary/aromatic N) is 9. The Hall–Kier alpha value is -5.96. The average Bonchev–Trinajstić information content (AvgIpc) is 3.75. The highest BCUT2D eigenvalue weighted by atomic mass is 15.1. The van der Waals surface area contributed by atoms with Gasteiger partial charge in [-0.25, -0.2) is 9.97 Å². The molecule has 46 heavy (non-hydrogen) atoms. The Balaban J connectivity index is 1.31. The highest BCUT2D eigenvalue weighted by Crippen LogP contribution is 2.46. The Morgan fingerprint density at radius 3 is 2.43 bits per heavy atom. The quantitative estimate of drug-likeness (QED) is 0.205. The molecule has 1 aliphatic heterocycles. The van der Waals surface area contributed by atoms with E-state index in [4.69, 9.17) is 19.9 Å². The van der Waals surface area contributed by atoms with Crippen LogP contribution in [0.1, 0.15) is 37.4 Å². The van der Waals surface area contributed by atoms with Gasteiger partial charge in [-0.2, -0.15) is 0 Å². The van der Waals surface area contributed by atoms with Crippen molar-refractivity contribution in [3.8, 4) is 0 Å². The van der Waals surface area contributed by atoms with E-state index in [0.29, 0.717) is 0 Å². The largest absolute Gasteiger partial charge is 0.316 e. The first-order valence-electron chi connectivity index (χ1n) is 15.6. The van der Waals surface area contributed by atoms with Crippen molar-refractivity contribution < 1.29 is 0 Å². The maximum atomic E-state index is 4.92. The standard InChI is InChI=1S/C37H27N9/c1-22-8-16-41-34-27-9-14-39-21-32(27)44(35(22)34)23-17-24(45-30-10-15-38-20-29(30)26-5-2-12-42-36(26)45)19-25(18-23)46-31-7-4-11-40-33(31)28-6-3-13-43-37(28)46/h2-7,9-18,20-22,25H,8,19H2,1H3. The van der Waals surface area contributed by atoms with Crippen LogP contribution in [0.25, 0.3) is 66.3 Å². The van der Waals surface area contributed by atoms with Crippen LogP contribution < -0.4 is 0 Å². The lowest BCUT2D eigenvalue weighted by Crippen LogP contribution is -2.17. The van der Waals surface area contributed by atoms with Gasteiger partial charge in [-0.1, -0.05) is 6.92 Å². The molecule has 0 saturated heterocycles. The average molecular weight is 598 g/mol. The Bertz CT molecular complexity index is 2520. The van der Waals surface area contributed by atoms with Crippen LogP contribution in [0, 0.1) is 0 Å². The molecule has 2 aliphatic rings. The molecule has 0 bridgehead atoms. The van der Waals surface area contributed by atoms with E-state index in [0.717, 1.165) is 84.8 Å². The van der Waals surface area contributed by atoms with E-state index in [2.05, 4.69) is 73.1 Å². The first-order chi connectivity index (χ1) is 22.8. The summed E-state index contributed by atoms with van der Waals surface area (Å²) in [7, 11) is 0. The fourth-order valence-corrected chi connectivity index (χ4v) is 7.63. The second-order valence-electron chi connectivity index (χ2n) is 12.1. The van der Waals surface area contributed by atoms with Gasteiger partial charge in [0.1, 0.15) is 11.3 Å². The molecular formula is C37H27N9. The predicted octanol–water partition coefficient (Wildman–Crippen LogP) is 8.07. The molecule has 8 aromatic heterocycles. The molecule has 0 radical (unpaired) electrons. The van der Waals surface area contributed by atoms with Gasteiger partial charge in [0, 0.05) is 88.7 Å². The van der Waals surface area contributed by atoms with E-state index < -0.39 is 0 Å². The second kappa shape index (κ2) is 9.52. The minimum atomic E-state index is -0.0701. The van der Waals surface area contributed by atoms with Crippen molar-refractivity contribution in [1.29, 1.82) is 0 Å². The lowest BCUT2D eigenvalue weighted by Gasteiger charge is -2.28. The van der Waals surface area contributed by atoms with Crippen molar-refractivity contribution in [2.75, 3.05) is 0 Å². The maximum absolute atomic E-state index is 4.92. The molecule has 0 fully saturated rings. The fraction of sp³-hybridized carbons (Fsp3) is 0.135. The van der Waals surface area contributed by atoms with E-state index in [-0.39, 0.29) is 12.0 Å². The Morgan fingerprint density at radius 2 is 1.50 bits per heavy atom. The summed E-state index contributed by atoms with van der Waals surface area (Å²) in [5.74, 6) is 0.290. The minimum absolute atomic E-state index is 0.0701. The monoisotopic (exact) mass is 597 g/mol. The molecule has 2 atom stereocenters. The second-order valence-corrected chi connectivity index (χ2v) is 12.1. The van der Waals surface area contributed by atoms with Crippen LogP contribution in [0.2, 0.25) is 0 Å². The first kappa shape index (κ1) is 25.4. The van der Waals surface area contributed by atoms with Gasteiger partial charge in [0.25, 0.3) is 0 Å². The highest BCUT2D eigenvalue weighted by Gasteiger charge is 2.30.